The lowest BCUT2D eigenvalue weighted by atomic mass is 10.1. The Hall–Kier alpha value is -3.97. The van der Waals surface area contributed by atoms with Crippen LogP contribution in [0.5, 0.6) is 0 Å². The van der Waals surface area contributed by atoms with E-state index in [4.69, 9.17) is 11.6 Å². The van der Waals surface area contributed by atoms with Gasteiger partial charge in [0.2, 0.25) is 0 Å². The van der Waals surface area contributed by atoms with E-state index in [2.05, 4.69) is 10.4 Å². The highest BCUT2D eigenvalue weighted by molar-refractivity contribution is 6.34. The molecule has 1 N–H and O–H groups in total. The number of hydrogen-bond acceptors (Lipinski definition) is 4. The molecule has 0 aliphatic rings. The molecule has 1 aromatic heterocycles. The lowest BCUT2D eigenvalue weighted by Crippen LogP contribution is -2.13. The summed E-state index contributed by atoms with van der Waals surface area (Å²) in [6.07, 6.45) is 1.62. The SMILES string of the molecule is O=C(Nc1cc([N+](=O)[O-])ccc1Cl)c1cn(-c2ccccc2)nc1-c1ccccc1. The smallest absolute Gasteiger partial charge is 0.271 e. The second-order valence-electron chi connectivity index (χ2n) is 6.41. The minimum Gasteiger partial charge on any atom is -0.320 e. The Kier molecular flexibility index (Phi) is 5.28. The monoisotopic (exact) mass is 418 g/mol. The van der Waals surface area contributed by atoms with Crippen LogP contribution in [0.25, 0.3) is 16.9 Å². The number of nitrogens with one attached hydrogen (secondary N) is 1. The fourth-order valence-corrected chi connectivity index (χ4v) is 3.14. The number of carbonyl (C=O) groups is 1. The van der Waals surface area contributed by atoms with E-state index in [0.717, 1.165) is 11.3 Å². The van der Waals surface area contributed by atoms with Gasteiger partial charge in [-0.05, 0) is 18.2 Å². The summed E-state index contributed by atoms with van der Waals surface area (Å²) < 4.78 is 1.62. The fourth-order valence-electron chi connectivity index (χ4n) is 2.97. The Balaban J connectivity index is 1.76. The van der Waals surface area contributed by atoms with Crippen LogP contribution in [0, 0.1) is 10.1 Å². The predicted molar refractivity (Wildman–Crippen MR) is 115 cm³/mol. The van der Waals surface area contributed by atoms with Gasteiger partial charge >= 0.3 is 0 Å². The number of anilines is 1. The zero-order valence-corrected chi connectivity index (χ0v) is 16.3. The third kappa shape index (κ3) is 3.92. The Morgan fingerprint density at radius 2 is 1.67 bits per heavy atom. The van der Waals surface area contributed by atoms with E-state index >= 15 is 0 Å². The molecular weight excluding hydrogens is 404 g/mol. The molecule has 0 saturated heterocycles. The molecule has 4 rings (SSSR count). The number of hydrogen-bond donors (Lipinski definition) is 1. The van der Waals surface area contributed by atoms with Crippen LogP contribution in [-0.4, -0.2) is 20.6 Å². The average molecular weight is 419 g/mol. The molecule has 0 unspecified atom stereocenters. The molecule has 0 bridgehead atoms. The second-order valence-corrected chi connectivity index (χ2v) is 6.82. The van der Waals surface area contributed by atoms with Gasteiger partial charge in [-0.25, -0.2) is 4.68 Å². The first kappa shape index (κ1) is 19.4. The molecule has 7 nitrogen and oxygen atoms in total. The predicted octanol–water partition coefficient (Wildman–Crippen LogP) is 5.35. The first-order valence-electron chi connectivity index (χ1n) is 8.99. The number of rotatable bonds is 5. The maximum Gasteiger partial charge on any atom is 0.271 e. The van der Waals surface area contributed by atoms with Gasteiger partial charge in [-0.3, -0.25) is 14.9 Å². The fraction of sp³-hybridized carbons (Fsp3) is 0. The summed E-state index contributed by atoms with van der Waals surface area (Å²) in [5, 5.41) is 18.5. The van der Waals surface area contributed by atoms with Crippen molar-refractivity contribution in [1.82, 2.24) is 9.78 Å². The number of non-ortho nitro benzene ring substituents is 1. The number of carbonyl (C=O) groups excluding carboxylic acids is 1. The summed E-state index contributed by atoms with van der Waals surface area (Å²) >= 11 is 6.13. The molecule has 0 aliphatic heterocycles. The largest absolute Gasteiger partial charge is 0.320 e. The van der Waals surface area contributed by atoms with Crippen LogP contribution in [0.2, 0.25) is 5.02 Å². The number of halogens is 1. The summed E-state index contributed by atoms with van der Waals surface area (Å²) in [7, 11) is 0. The maximum absolute atomic E-state index is 13.1. The highest BCUT2D eigenvalue weighted by Gasteiger charge is 2.20. The number of nitro groups is 1. The zero-order chi connectivity index (χ0) is 21.1. The normalized spacial score (nSPS) is 10.6. The molecule has 0 atom stereocenters. The molecule has 0 fully saturated rings. The molecule has 30 heavy (non-hydrogen) atoms. The lowest BCUT2D eigenvalue weighted by molar-refractivity contribution is -0.384. The molecule has 1 heterocycles. The van der Waals surface area contributed by atoms with Gasteiger partial charge < -0.3 is 5.32 Å². The van der Waals surface area contributed by atoms with Gasteiger partial charge in [-0.2, -0.15) is 5.10 Å². The van der Waals surface area contributed by atoms with E-state index in [9.17, 15) is 14.9 Å². The Labute approximate surface area is 176 Å². The van der Waals surface area contributed by atoms with Gasteiger partial charge in [0.15, 0.2) is 0 Å². The van der Waals surface area contributed by atoms with Crippen molar-refractivity contribution in [1.29, 1.82) is 0 Å². The molecule has 8 heteroatoms. The summed E-state index contributed by atoms with van der Waals surface area (Å²) in [6, 6.07) is 22.6. The Morgan fingerprint density at radius 3 is 2.33 bits per heavy atom. The minimum absolute atomic E-state index is 0.155. The van der Waals surface area contributed by atoms with Crippen LogP contribution in [-0.2, 0) is 0 Å². The van der Waals surface area contributed by atoms with Crippen LogP contribution in [0.1, 0.15) is 10.4 Å². The van der Waals surface area contributed by atoms with Gasteiger partial charge in [0.05, 0.1) is 26.9 Å². The van der Waals surface area contributed by atoms with Crippen molar-refractivity contribution in [2.24, 2.45) is 0 Å². The molecule has 3 aromatic carbocycles. The molecule has 148 valence electrons. The van der Waals surface area contributed by atoms with E-state index in [0.29, 0.717) is 11.3 Å². The van der Waals surface area contributed by atoms with Gasteiger partial charge in [0, 0.05) is 23.9 Å². The summed E-state index contributed by atoms with van der Waals surface area (Å²) in [6.45, 7) is 0. The number of amides is 1. The van der Waals surface area contributed by atoms with Crippen LogP contribution in [0.15, 0.2) is 85.1 Å². The number of nitro benzene ring substituents is 1. The quantitative estimate of drug-likeness (QED) is 0.349. The van der Waals surface area contributed by atoms with Crippen molar-refractivity contribution in [2.45, 2.75) is 0 Å². The number of aromatic nitrogens is 2. The summed E-state index contributed by atoms with van der Waals surface area (Å²) in [5.41, 5.74) is 2.34. The molecular formula is C22H15ClN4O3. The first-order valence-corrected chi connectivity index (χ1v) is 9.36. The van der Waals surface area contributed by atoms with Gasteiger partial charge in [0.25, 0.3) is 11.6 Å². The van der Waals surface area contributed by atoms with E-state index in [-0.39, 0.29) is 16.4 Å². The summed E-state index contributed by atoms with van der Waals surface area (Å²) in [5.74, 6) is -0.474. The molecule has 4 aromatic rings. The van der Waals surface area contributed by atoms with Crippen LogP contribution in [0.4, 0.5) is 11.4 Å². The zero-order valence-electron chi connectivity index (χ0n) is 15.5. The van der Waals surface area contributed by atoms with Crippen molar-refractivity contribution < 1.29 is 9.72 Å². The molecule has 1 amide bonds. The topological polar surface area (TPSA) is 90.1 Å². The van der Waals surface area contributed by atoms with Crippen LogP contribution in [0.3, 0.4) is 0 Å². The highest BCUT2D eigenvalue weighted by atomic mass is 35.5. The summed E-state index contributed by atoms with van der Waals surface area (Å²) in [4.78, 5) is 23.6. The van der Waals surface area contributed by atoms with E-state index in [1.54, 1.807) is 10.9 Å². The molecule has 0 spiro atoms. The van der Waals surface area contributed by atoms with Gasteiger partial charge in [-0.15, -0.1) is 0 Å². The third-order valence-electron chi connectivity index (χ3n) is 4.44. The van der Waals surface area contributed by atoms with E-state index in [1.165, 1.54) is 18.2 Å². The van der Waals surface area contributed by atoms with Crippen molar-refractivity contribution >= 4 is 28.9 Å². The van der Waals surface area contributed by atoms with Crippen molar-refractivity contribution in [3.05, 3.63) is 106 Å². The first-order chi connectivity index (χ1) is 14.5. The molecule has 0 aliphatic carbocycles. The lowest BCUT2D eigenvalue weighted by Gasteiger charge is -2.07. The van der Waals surface area contributed by atoms with Crippen molar-refractivity contribution in [2.75, 3.05) is 5.32 Å². The van der Waals surface area contributed by atoms with Crippen molar-refractivity contribution in [3.8, 4) is 16.9 Å². The average Bonchev–Trinajstić information content (AvgIpc) is 3.22. The minimum atomic E-state index is -0.547. The standard InChI is InChI=1S/C22H15ClN4O3/c23-19-12-11-17(27(29)30)13-20(19)24-22(28)18-14-26(16-9-5-2-6-10-16)25-21(18)15-7-3-1-4-8-15/h1-14H,(H,24,28). The van der Waals surface area contributed by atoms with Crippen LogP contribution < -0.4 is 5.32 Å². The van der Waals surface area contributed by atoms with Crippen LogP contribution >= 0.6 is 11.6 Å². The maximum atomic E-state index is 13.1. The third-order valence-corrected chi connectivity index (χ3v) is 4.77. The van der Waals surface area contributed by atoms with Gasteiger partial charge in [-0.1, -0.05) is 60.1 Å². The van der Waals surface area contributed by atoms with E-state index in [1.807, 2.05) is 60.7 Å². The number of benzene rings is 3. The Morgan fingerprint density at radius 1 is 1.00 bits per heavy atom. The van der Waals surface area contributed by atoms with E-state index < -0.39 is 10.8 Å². The van der Waals surface area contributed by atoms with Gasteiger partial charge in [0.1, 0.15) is 5.69 Å². The van der Waals surface area contributed by atoms with Crippen molar-refractivity contribution in [3.63, 3.8) is 0 Å². The molecule has 0 radical (unpaired) electrons. The molecule has 0 saturated carbocycles. The second kappa shape index (κ2) is 8.18. The number of nitrogens with zero attached hydrogens (tertiary/aromatic N) is 3. The Bertz CT molecular complexity index is 1220. The number of para-hydroxylation sites is 1. The highest BCUT2D eigenvalue weighted by Crippen LogP contribution is 2.29.